The molecule has 0 amide bonds. The first-order chi connectivity index (χ1) is 8.56. The lowest BCUT2D eigenvalue weighted by Crippen LogP contribution is -1.93. The Balaban J connectivity index is 2.35. The second-order valence-electron chi connectivity index (χ2n) is 4.28. The molecule has 3 rings (SSSR count). The molecule has 0 saturated carbocycles. The normalized spacial score (nSPS) is 11.2. The first-order valence-electron chi connectivity index (χ1n) is 5.50. The molecule has 4 N–H and O–H groups in total. The van der Waals surface area contributed by atoms with Crippen molar-refractivity contribution in [3.8, 4) is 10.6 Å². The summed E-state index contributed by atoms with van der Waals surface area (Å²) >= 11 is 1.49. The van der Waals surface area contributed by atoms with Crippen LogP contribution >= 0.6 is 11.3 Å². The predicted octanol–water partition coefficient (Wildman–Crippen LogP) is 2.18. The molecular formula is C12H12N4OS. The maximum absolute atomic E-state index is 11.2. The second kappa shape index (κ2) is 3.71. The van der Waals surface area contributed by atoms with E-state index in [1.807, 2.05) is 19.9 Å². The Bertz CT molecular complexity index is 796. The van der Waals surface area contributed by atoms with Crippen LogP contribution < -0.4 is 11.3 Å². The van der Waals surface area contributed by atoms with Gasteiger partial charge < -0.3 is 5.73 Å². The highest BCUT2D eigenvalue weighted by molar-refractivity contribution is 7.22. The number of thiophene rings is 1. The quantitative estimate of drug-likeness (QED) is 0.626. The van der Waals surface area contributed by atoms with Gasteiger partial charge in [0, 0.05) is 17.1 Å². The number of H-pyrrole nitrogens is 2. The van der Waals surface area contributed by atoms with Crippen LogP contribution in [-0.4, -0.2) is 15.2 Å². The van der Waals surface area contributed by atoms with Gasteiger partial charge in [-0.1, -0.05) is 0 Å². The number of hydrogen-bond acceptors (Lipinski definition) is 4. The van der Waals surface area contributed by atoms with E-state index < -0.39 is 0 Å². The Kier molecular flexibility index (Phi) is 2.27. The molecule has 0 aliphatic rings. The van der Waals surface area contributed by atoms with Crippen molar-refractivity contribution in [1.29, 1.82) is 0 Å². The zero-order valence-electron chi connectivity index (χ0n) is 10.00. The number of nitrogen functional groups attached to an aromatic ring is 1. The monoisotopic (exact) mass is 260 g/mol. The molecule has 0 aliphatic heterocycles. The zero-order chi connectivity index (χ0) is 12.9. The summed E-state index contributed by atoms with van der Waals surface area (Å²) in [6.45, 7) is 3.98. The van der Waals surface area contributed by atoms with Crippen LogP contribution in [0.2, 0.25) is 0 Å². The number of pyridine rings is 1. The molecule has 0 saturated heterocycles. The van der Waals surface area contributed by atoms with Crippen LogP contribution in [0, 0.1) is 13.8 Å². The fourth-order valence-electron chi connectivity index (χ4n) is 2.12. The molecule has 92 valence electrons. The molecule has 0 radical (unpaired) electrons. The average molecular weight is 260 g/mol. The molecule has 6 heteroatoms. The molecule has 0 atom stereocenters. The number of fused-ring (bicyclic) bond motifs is 1. The second-order valence-corrected chi connectivity index (χ2v) is 5.28. The van der Waals surface area contributed by atoms with E-state index in [2.05, 4.69) is 15.2 Å². The Morgan fingerprint density at radius 3 is 2.72 bits per heavy atom. The number of hydrogen-bond donors (Lipinski definition) is 3. The number of aromatic amines is 2. The Morgan fingerprint density at radius 1 is 1.28 bits per heavy atom. The third kappa shape index (κ3) is 1.53. The van der Waals surface area contributed by atoms with E-state index in [9.17, 15) is 4.79 Å². The summed E-state index contributed by atoms with van der Waals surface area (Å²) in [5.74, 6) is 0. The van der Waals surface area contributed by atoms with Crippen LogP contribution in [0.25, 0.3) is 20.8 Å². The van der Waals surface area contributed by atoms with Gasteiger partial charge in [-0.05, 0) is 25.5 Å². The lowest BCUT2D eigenvalue weighted by atomic mass is 10.1. The average Bonchev–Trinajstić information content (AvgIpc) is 2.83. The molecule has 0 unspecified atom stereocenters. The van der Waals surface area contributed by atoms with E-state index in [0.29, 0.717) is 11.4 Å². The molecular weight excluding hydrogens is 248 g/mol. The minimum absolute atomic E-state index is 0.164. The van der Waals surface area contributed by atoms with Crippen molar-refractivity contribution < 1.29 is 0 Å². The van der Waals surface area contributed by atoms with E-state index in [1.165, 1.54) is 17.4 Å². The molecule has 0 fully saturated rings. The van der Waals surface area contributed by atoms with Crippen molar-refractivity contribution >= 4 is 27.2 Å². The van der Waals surface area contributed by atoms with Crippen LogP contribution in [0.3, 0.4) is 0 Å². The molecule has 3 aromatic rings. The lowest BCUT2D eigenvalue weighted by Gasteiger charge is -1.99. The predicted molar refractivity (Wildman–Crippen MR) is 73.9 cm³/mol. The molecule has 0 aliphatic carbocycles. The molecule has 0 bridgehead atoms. The largest absolute Gasteiger partial charge is 0.397 e. The molecule has 3 aromatic heterocycles. The highest BCUT2D eigenvalue weighted by Gasteiger charge is 2.15. The van der Waals surface area contributed by atoms with Crippen LogP contribution in [0.5, 0.6) is 0 Å². The van der Waals surface area contributed by atoms with Crippen LogP contribution in [0.1, 0.15) is 11.3 Å². The van der Waals surface area contributed by atoms with Gasteiger partial charge in [0.25, 0.3) is 5.56 Å². The molecule has 0 aromatic carbocycles. The highest BCUT2D eigenvalue weighted by Crippen LogP contribution is 2.40. The van der Waals surface area contributed by atoms with Crippen molar-refractivity contribution in [3.05, 3.63) is 33.7 Å². The van der Waals surface area contributed by atoms with Crippen molar-refractivity contribution in [1.82, 2.24) is 15.2 Å². The van der Waals surface area contributed by atoms with E-state index in [-0.39, 0.29) is 5.56 Å². The number of rotatable bonds is 1. The van der Waals surface area contributed by atoms with Crippen LogP contribution in [0.4, 0.5) is 5.69 Å². The Labute approximate surface area is 107 Å². The van der Waals surface area contributed by atoms with E-state index in [1.54, 1.807) is 0 Å². The molecule has 0 spiro atoms. The van der Waals surface area contributed by atoms with Crippen molar-refractivity contribution in [2.24, 2.45) is 0 Å². The van der Waals surface area contributed by atoms with Crippen molar-refractivity contribution in [3.63, 3.8) is 0 Å². The number of nitrogens with two attached hydrogens (primary N) is 1. The molecule has 5 nitrogen and oxygen atoms in total. The number of aryl methyl sites for hydroxylation is 2. The van der Waals surface area contributed by atoms with Gasteiger partial charge in [0.1, 0.15) is 4.83 Å². The van der Waals surface area contributed by atoms with Crippen molar-refractivity contribution in [2.75, 3.05) is 5.73 Å². The van der Waals surface area contributed by atoms with Crippen LogP contribution in [-0.2, 0) is 0 Å². The van der Waals surface area contributed by atoms with Gasteiger partial charge in [-0.15, -0.1) is 11.3 Å². The van der Waals surface area contributed by atoms with E-state index >= 15 is 0 Å². The van der Waals surface area contributed by atoms with Crippen molar-refractivity contribution in [2.45, 2.75) is 13.8 Å². The third-order valence-electron chi connectivity index (χ3n) is 2.86. The Morgan fingerprint density at radius 2 is 2.06 bits per heavy atom. The molecule has 3 heterocycles. The minimum atomic E-state index is -0.164. The van der Waals surface area contributed by atoms with Gasteiger partial charge in [-0.2, -0.15) is 0 Å². The van der Waals surface area contributed by atoms with Gasteiger partial charge in [-0.25, -0.2) is 4.98 Å². The minimum Gasteiger partial charge on any atom is -0.397 e. The summed E-state index contributed by atoms with van der Waals surface area (Å²) in [6, 6.07) is 3.51. The van der Waals surface area contributed by atoms with Gasteiger partial charge in [0.2, 0.25) is 0 Å². The van der Waals surface area contributed by atoms with Crippen LogP contribution in [0.15, 0.2) is 16.9 Å². The standard InChI is InChI=1S/C12H12N4OS/c1-5-3-6(2)14-12-9(5)10(13)11(18-12)7-4-8(17)16-15-7/h3-4H,13H2,1-2H3,(H2,15,16,17). The zero-order valence-corrected chi connectivity index (χ0v) is 10.8. The maximum atomic E-state index is 11.2. The fourth-order valence-corrected chi connectivity index (χ4v) is 3.31. The lowest BCUT2D eigenvalue weighted by molar-refractivity contribution is 1.06. The summed E-state index contributed by atoms with van der Waals surface area (Å²) in [5.41, 5.74) is 9.46. The third-order valence-corrected chi connectivity index (χ3v) is 4.00. The summed E-state index contributed by atoms with van der Waals surface area (Å²) in [7, 11) is 0. The first-order valence-corrected chi connectivity index (χ1v) is 6.32. The summed E-state index contributed by atoms with van der Waals surface area (Å²) in [5, 5.41) is 6.31. The summed E-state index contributed by atoms with van der Waals surface area (Å²) < 4.78 is 0. The van der Waals surface area contributed by atoms with Gasteiger partial charge in [0.05, 0.1) is 16.3 Å². The van der Waals surface area contributed by atoms with E-state index in [4.69, 9.17) is 5.73 Å². The first kappa shape index (κ1) is 11.0. The summed E-state index contributed by atoms with van der Waals surface area (Å²) in [4.78, 5) is 17.4. The molecule has 18 heavy (non-hydrogen) atoms. The topological polar surface area (TPSA) is 87.6 Å². The number of nitrogens with zero attached hydrogens (tertiary/aromatic N) is 1. The maximum Gasteiger partial charge on any atom is 0.264 e. The van der Waals surface area contributed by atoms with Gasteiger partial charge >= 0.3 is 0 Å². The number of anilines is 1. The number of nitrogens with one attached hydrogen (secondary N) is 2. The Hall–Kier alpha value is -2.08. The smallest absolute Gasteiger partial charge is 0.264 e. The highest BCUT2D eigenvalue weighted by atomic mass is 32.1. The fraction of sp³-hybridized carbons (Fsp3) is 0.167. The van der Waals surface area contributed by atoms with Gasteiger partial charge in [-0.3, -0.25) is 15.0 Å². The number of aromatic nitrogens is 3. The summed E-state index contributed by atoms with van der Waals surface area (Å²) in [6.07, 6.45) is 0. The van der Waals surface area contributed by atoms with E-state index in [0.717, 1.165) is 26.4 Å². The van der Waals surface area contributed by atoms with Gasteiger partial charge in [0.15, 0.2) is 0 Å². The SMILES string of the molecule is Cc1cc(C)c2c(N)c(-c3cc(=O)[nH][nH]3)sc2n1.